The Balaban J connectivity index is 1.70. The van der Waals surface area contributed by atoms with Gasteiger partial charge in [0.15, 0.2) is 11.6 Å². The lowest BCUT2D eigenvalue weighted by atomic mass is 9.91. The highest BCUT2D eigenvalue weighted by molar-refractivity contribution is 5.99. The number of halogens is 1. The summed E-state index contributed by atoms with van der Waals surface area (Å²) < 4.78 is 14.7. The maximum atomic E-state index is 14.7. The molecule has 1 saturated carbocycles. The second-order valence-electron chi connectivity index (χ2n) is 7.54. The number of primary amides is 1. The number of nitrogens with zero attached hydrogens (tertiary/aromatic N) is 2. The number of nitrogens with two attached hydrogens (primary N) is 3. The minimum Gasteiger partial charge on any atom is -0.397 e. The molecule has 0 saturated heterocycles. The minimum atomic E-state index is -0.791. The molecule has 0 spiro atoms. The first-order valence-electron chi connectivity index (χ1n) is 9.86. The molecule has 1 fully saturated rings. The van der Waals surface area contributed by atoms with Gasteiger partial charge in [0.25, 0.3) is 5.91 Å². The fourth-order valence-corrected chi connectivity index (χ4v) is 3.82. The molecule has 8 N–H and O–H groups in total. The molecule has 2 heterocycles. The van der Waals surface area contributed by atoms with E-state index in [1.807, 2.05) is 12.1 Å². The SMILES string of the molecule is NC(=O)c1cc(F)c(NC2CCCC[C@@H]2N)nc1Nc1cc(N)c2ncccc2c1. The lowest BCUT2D eigenvalue weighted by Crippen LogP contribution is -2.43. The first kappa shape index (κ1) is 19.8. The predicted molar refractivity (Wildman–Crippen MR) is 116 cm³/mol. The molecule has 2 atom stereocenters. The van der Waals surface area contributed by atoms with E-state index in [4.69, 9.17) is 17.2 Å². The smallest absolute Gasteiger partial charge is 0.252 e. The maximum Gasteiger partial charge on any atom is 0.252 e. The fraction of sp³-hybridized carbons (Fsp3) is 0.286. The van der Waals surface area contributed by atoms with Gasteiger partial charge in [-0.15, -0.1) is 0 Å². The molecule has 30 heavy (non-hydrogen) atoms. The number of carbonyl (C=O) groups is 1. The van der Waals surface area contributed by atoms with Crippen LogP contribution in [0, 0.1) is 5.82 Å². The maximum absolute atomic E-state index is 14.7. The average molecular weight is 409 g/mol. The van der Waals surface area contributed by atoms with Gasteiger partial charge in [0.05, 0.1) is 16.8 Å². The van der Waals surface area contributed by atoms with Gasteiger partial charge in [0, 0.05) is 29.4 Å². The molecule has 0 bridgehead atoms. The largest absolute Gasteiger partial charge is 0.397 e. The quantitative estimate of drug-likeness (QED) is 0.407. The normalized spacial score (nSPS) is 18.9. The number of nitrogens with one attached hydrogen (secondary N) is 2. The fourth-order valence-electron chi connectivity index (χ4n) is 3.82. The van der Waals surface area contributed by atoms with E-state index in [1.165, 1.54) is 0 Å². The Morgan fingerprint density at radius 3 is 2.73 bits per heavy atom. The molecule has 8 nitrogen and oxygen atoms in total. The summed E-state index contributed by atoms with van der Waals surface area (Å²) in [5.41, 5.74) is 19.4. The topological polar surface area (TPSA) is 145 Å². The number of aromatic nitrogens is 2. The van der Waals surface area contributed by atoms with Crippen LogP contribution in [0.25, 0.3) is 10.9 Å². The molecule has 0 aliphatic heterocycles. The van der Waals surface area contributed by atoms with E-state index in [2.05, 4.69) is 20.6 Å². The van der Waals surface area contributed by atoms with E-state index < -0.39 is 11.7 Å². The third-order valence-corrected chi connectivity index (χ3v) is 5.38. The van der Waals surface area contributed by atoms with Crippen molar-refractivity contribution in [1.82, 2.24) is 9.97 Å². The Kier molecular flexibility index (Phi) is 5.37. The van der Waals surface area contributed by atoms with Crippen LogP contribution >= 0.6 is 0 Å². The zero-order chi connectivity index (χ0) is 21.3. The highest BCUT2D eigenvalue weighted by Crippen LogP contribution is 2.29. The number of carbonyl (C=O) groups excluding carboxylic acids is 1. The number of hydrogen-bond acceptors (Lipinski definition) is 7. The van der Waals surface area contributed by atoms with Crippen molar-refractivity contribution in [2.45, 2.75) is 37.8 Å². The summed E-state index contributed by atoms with van der Waals surface area (Å²) in [4.78, 5) is 20.5. The third-order valence-electron chi connectivity index (χ3n) is 5.38. The lowest BCUT2D eigenvalue weighted by Gasteiger charge is -2.30. The minimum absolute atomic E-state index is 0.0280. The van der Waals surface area contributed by atoms with Gasteiger partial charge in [0.2, 0.25) is 0 Å². The summed E-state index contributed by atoms with van der Waals surface area (Å²) in [5, 5.41) is 6.95. The van der Waals surface area contributed by atoms with Crippen LogP contribution in [0.4, 0.5) is 27.4 Å². The number of fused-ring (bicyclic) bond motifs is 1. The molecule has 1 unspecified atom stereocenters. The Bertz CT molecular complexity index is 1100. The number of benzene rings is 1. The number of nitrogen functional groups attached to an aromatic ring is 1. The number of anilines is 4. The van der Waals surface area contributed by atoms with Gasteiger partial charge in [-0.25, -0.2) is 9.37 Å². The number of pyridine rings is 2. The lowest BCUT2D eigenvalue weighted by molar-refractivity contribution is 0.100. The second-order valence-corrected chi connectivity index (χ2v) is 7.54. The molecule has 0 radical (unpaired) electrons. The van der Waals surface area contributed by atoms with Crippen LogP contribution in [0.15, 0.2) is 36.5 Å². The van der Waals surface area contributed by atoms with Crippen LogP contribution in [0.1, 0.15) is 36.0 Å². The summed E-state index contributed by atoms with van der Waals surface area (Å²) >= 11 is 0. The highest BCUT2D eigenvalue weighted by Gasteiger charge is 2.24. The zero-order valence-corrected chi connectivity index (χ0v) is 16.4. The third kappa shape index (κ3) is 3.97. The predicted octanol–water partition coefficient (Wildman–Crippen LogP) is 2.88. The van der Waals surface area contributed by atoms with Gasteiger partial charge < -0.3 is 27.8 Å². The highest BCUT2D eigenvalue weighted by atomic mass is 19.1. The first-order chi connectivity index (χ1) is 14.4. The van der Waals surface area contributed by atoms with Gasteiger partial charge in [-0.3, -0.25) is 9.78 Å². The van der Waals surface area contributed by atoms with E-state index in [9.17, 15) is 9.18 Å². The summed E-state index contributed by atoms with van der Waals surface area (Å²) in [5.74, 6) is -1.28. The van der Waals surface area contributed by atoms with Gasteiger partial charge in [0.1, 0.15) is 5.82 Å². The molecular weight excluding hydrogens is 385 g/mol. The summed E-state index contributed by atoms with van der Waals surface area (Å²) in [7, 11) is 0. The Hall–Kier alpha value is -3.46. The van der Waals surface area contributed by atoms with Crippen molar-refractivity contribution in [2.75, 3.05) is 16.4 Å². The molecule has 156 valence electrons. The molecular formula is C21H24FN7O. The van der Waals surface area contributed by atoms with Crippen LogP contribution in [0.2, 0.25) is 0 Å². The van der Waals surface area contributed by atoms with Crippen molar-refractivity contribution in [3.8, 4) is 0 Å². The monoisotopic (exact) mass is 409 g/mol. The molecule has 1 aromatic carbocycles. The van der Waals surface area contributed by atoms with Crippen LogP contribution in [-0.4, -0.2) is 28.0 Å². The zero-order valence-electron chi connectivity index (χ0n) is 16.4. The van der Waals surface area contributed by atoms with Crippen molar-refractivity contribution in [1.29, 1.82) is 0 Å². The van der Waals surface area contributed by atoms with Crippen molar-refractivity contribution in [3.63, 3.8) is 0 Å². The number of rotatable bonds is 5. The average Bonchev–Trinajstić information content (AvgIpc) is 2.71. The Morgan fingerprint density at radius 2 is 1.97 bits per heavy atom. The van der Waals surface area contributed by atoms with E-state index >= 15 is 0 Å². The van der Waals surface area contributed by atoms with Crippen LogP contribution in [-0.2, 0) is 0 Å². The van der Waals surface area contributed by atoms with Crippen molar-refractivity contribution >= 4 is 39.8 Å². The molecule has 9 heteroatoms. The van der Waals surface area contributed by atoms with Gasteiger partial charge in [-0.05, 0) is 37.1 Å². The number of amides is 1. The van der Waals surface area contributed by atoms with Gasteiger partial charge in [-0.1, -0.05) is 18.9 Å². The van der Waals surface area contributed by atoms with Crippen LogP contribution in [0.5, 0.6) is 0 Å². The molecule has 2 aromatic heterocycles. The van der Waals surface area contributed by atoms with Gasteiger partial charge in [-0.2, -0.15) is 0 Å². The second kappa shape index (κ2) is 8.11. The van der Waals surface area contributed by atoms with Crippen molar-refractivity contribution < 1.29 is 9.18 Å². The van der Waals surface area contributed by atoms with E-state index in [0.717, 1.165) is 37.1 Å². The first-order valence-corrected chi connectivity index (χ1v) is 9.86. The summed E-state index contributed by atoms with van der Waals surface area (Å²) in [6, 6.07) is 8.07. The molecule has 1 aliphatic carbocycles. The standard InChI is InChI=1S/C21H24FN7O/c22-14-10-13(19(25)30)20(29-21(14)28-17-6-2-1-5-15(17)23)27-12-8-11-4-3-7-26-18(11)16(24)9-12/h3-4,7-10,15,17H,1-2,5-6,23-24H2,(H2,25,30)(H2,27,28,29)/t15-,17?/m0/s1. The van der Waals surface area contributed by atoms with E-state index in [0.29, 0.717) is 16.9 Å². The molecule has 3 aromatic rings. The van der Waals surface area contributed by atoms with E-state index in [-0.39, 0.29) is 29.3 Å². The van der Waals surface area contributed by atoms with Crippen LogP contribution < -0.4 is 27.8 Å². The molecule has 4 rings (SSSR count). The van der Waals surface area contributed by atoms with E-state index in [1.54, 1.807) is 18.3 Å². The van der Waals surface area contributed by atoms with Gasteiger partial charge >= 0.3 is 0 Å². The summed E-state index contributed by atoms with van der Waals surface area (Å²) in [6.07, 6.45) is 5.43. The summed E-state index contributed by atoms with van der Waals surface area (Å²) in [6.45, 7) is 0. The molecule has 1 amide bonds. The van der Waals surface area contributed by atoms with Crippen molar-refractivity contribution in [3.05, 3.63) is 47.9 Å². The Labute approximate surface area is 173 Å². The van der Waals surface area contributed by atoms with Crippen molar-refractivity contribution in [2.24, 2.45) is 11.5 Å². The molecule has 1 aliphatic rings. The number of hydrogen-bond donors (Lipinski definition) is 5. The van der Waals surface area contributed by atoms with Crippen LogP contribution in [0.3, 0.4) is 0 Å². The Morgan fingerprint density at radius 1 is 1.17 bits per heavy atom.